The van der Waals surface area contributed by atoms with Crippen molar-refractivity contribution in [2.45, 2.75) is 0 Å². The molecule has 236 valence electrons. The first-order valence-electron chi connectivity index (χ1n) is 17.7. The second-order valence-electron chi connectivity index (χ2n) is 13.7. The molecular formula is C48H31BN2. The van der Waals surface area contributed by atoms with Gasteiger partial charge in [0.2, 0.25) is 0 Å². The van der Waals surface area contributed by atoms with Crippen molar-refractivity contribution in [3.05, 3.63) is 188 Å². The normalized spacial score (nSPS) is 13.0. The Bertz CT molecular complexity index is 2680. The first-order chi connectivity index (χ1) is 25.3. The summed E-state index contributed by atoms with van der Waals surface area (Å²) in [6, 6.07) is 69.4. The molecule has 9 aromatic rings. The van der Waals surface area contributed by atoms with Gasteiger partial charge in [0.1, 0.15) is 0 Å². The van der Waals surface area contributed by atoms with Crippen molar-refractivity contribution in [2.24, 2.45) is 0 Å². The van der Waals surface area contributed by atoms with Gasteiger partial charge in [0.25, 0.3) is 6.71 Å². The Morgan fingerprint density at radius 2 is 0.784 bits per heavy atom. The Kier molecular flexibility index (Phi) is 6.08. The van der Waals surface area contributed by atoms with E-state index in [1.165, 1.54) is 82.6 Å². The SMILES string of the molecule is c1ccc(N2c3cc(-c4ccc5ccccc5c4)cc4c3B(c3ccc5ccccc5c32)c2ccc3ccccc3c2N4c2ccccc2)cc1. The largest absolute Gasteiger partial charge is 0.311 e. The number of nitrogens with zero attached hydrogens (tertiary/aromatic N) is 2. The van der Waals surface area contributed by atoms with E-state index in [2.05, 4.69) is 198 Å². The van der Waals surface area contributed by atoms with Gasteiger partial charge in [0, 0.05) is 44.9 Å². The molecule has 0 amide bonds. The molecule has 3 heteroatoms. The number of anilines is 6. The van der Waals surface area contributed by atoms with Crippen LogP contribution in [-0.2, 0) is 0 Å². The van der Waals surface area contributed by atoms with Crippen LogP contribution < -0.4 is 26.2 Å². The van der Waals surface area contributed by atoms with Gasteiger partial charge in [0.05, 0.1) is 0 Å². The fourth-order valence-corrected chi connectivity index (χ4v) is 8.74. The third kappa shape index (κ3) is 4.19. The molecule has 0 atom stereocenters. The molecule has 0 unspecified atom stereocenters. The standard InChI is InChI=1S/C48H31BN2/c1-3-17-38(18-4-1)50-44-30-37(36-24-23-32-13-7-8-16-35(32)29-36)31-45-46(44)49(42-27-25-33-14-9-11-21-40(33)47(42)50)43-28-26-34-15-10-12-22-41(34)48(43)51(45)39-19-5-2-6-20-39/h1-31H. The number of hydrogen-bond acceptors (Lipinski definition) is 2. The summed E-state index contributed by atoms with van der Waals surface area (Å²) in [5.41, 5.74) is 13.6. The smallest absolute Gasteiger partial charge is 0.252 e. The van der Waals surface area contributed by atoms with E-state index in [0.717, 1.165) is 11.4 Å². The summed E-state index contributed by atoms with van der Waals surface area (Å²) in [7, 11) is 0. The van der Waals surface area contributed by atoms with Crippen LogP contribution >= 0.6 is 0 Å². The van der Waals surface area contributed by atoms with E-state index in [-0.39, 0.29) is 6.71 Å². The quantitative estimate of drug-likeness (QED) is 0.176. The topological polar surface area (TPSA) is 6.48 Å². The van der Waals surface area contributed by atoms with Crippen molar-refractivity contribution in [1.82, 2.24) is 0 Å². The molecule has 0 spiro atoms. The van der Waals surface area contributed by atoms with Crippen LogP contribution in [-0.4, -0.2) is 6.71 Å². The number of fused-ring (bicyclic) bond motifs is 9. The van der Waals surface area contributed by atoms with Crippen molar-refractivity contribution in [1.29, 1.82) is 0 Å². The number of benzene rings is 9. The minimum Gasteiger partial charge on any atom is -0.311 e. The summed E-state index contributed by atoms with van der Waals surface area (Å²) in [5.74, 6) is 0. The van der Waals surface area contributed by atoms with Crippen LogP contribution in [0.3, 0.4) is 0 Å². The zero-order valence-electron chi connectivity index (χ0n) is 27.9. The molecule has 0 fully saturated rings. The van der Waals surface area contributed by atoms with Crippen LogP contribution in [0.25, 0.3) is 43.4 Å². The van der Waals surface area contributed by atoms with Gasteiger partial charge in [-0.1, -0.05) is 146 Å². The van der Waals surface area contributed by atoms with Crippen LogP contribution in [0.5, 0.6) is 0 Å². The summed E-state index contributed by atoms with van der Waals surface area (Å²) < 4.78 is 0. The zero-order chi connectivity index (χ0) is 33.5. The number of hydrogen-bond donors (Lipinski definition) is 0. The van der Waals surface area contributed by atoms with Crippen LogP contribution in [0.1, 0.15) is 0 Å². The van der Waals surface area contributed by atoms with Gasteiger partial charge in [-0.2, -0.15) is 0 Å². The van der Waals surface area contributed by atoms with Gasteiger partial charge < -0.3 is 9.80 Å². The van der Waals surface area contributed by atoms with Gasteiger partial charge in [-0.3, -0.25) is 0 Å². The van der Waals surface area contributed by atoms with Gasteiger partial charge in [-0.05, 0) is 91.5 Å². The number of rotatable bonds is 3. The lowest BCUT2D eigenvalue weighted by molar-refractivity contribution is 1.27. The highest BCUT2D eigenvalue weighted by atomic mass is 15.2. The summed E-state index contributed by atoms with van der Waals surface area (Å²) in [5, 5.41) is 7.49. The van der Waals surface area contributed by atoms with E-state index in [9.17, 15) is 0 Å². The van der Waals surface area contributed by atoms with Crippen LogP contribution in [0.2, 0.25) is 0 Å². The van der Waals surface area contributed by atoms with E-state index in [1.54, 1.807) is 0 Å². The molecule has 2 heterocycles. The third-order valence-electron chi connectivity index (χ3n) is 11.0. The first kappa shape index (κ1) is 28.3. The van der Waals surface area contributed by atoms with E-state index in [0.29, 0.717) is 0 Å². The summed E-state index contributed by atoms with van der Waals surface area (Å²) in [6.07, 6.45) is 0. The monoisotopic (exact) mass is 646 g/mol. The molecule has 0 N–H and O–H groups in total. The maximum absolute atomic E-state index is 2.53. The van der Waals surface area contributed by atoms with E-state index >= 15 is 0 Å². The van der Waals surface area contributed by atoms with Crippen LogP contribution in [0.4, 0.5) is 34.1 Å². The molecule has 0 saturated carbocycles. The molecule has 2 aliphatic rings. The predicted molar refractivity (Wildman–Crippen MR) is 218 cm³/mol. The molecule has 0 aromatic heterocycles. The van der Waals surface area contributed by atoms with Crippen molar-refractivity contribution in [3.8, 4) is 11.1 Å². The van der Waals surface area contributed by atoms with Crippen molar-refractivity contribution < 1.29 is 0 Å². The maximum Gasteiger partial charge on any atom is 0.252 e. The molecule has 2 nitrogen and oxygen atoms in total. The maximum atomic E-state index is 2.53. The van der Waals surface area contributed by atoms with Crippen molar-refractivity contribution in [2.75, 3.05) is 9.80 Å². The van der Waals surface area contributed by atoms with Crippen molar-refractivity contribution >= 4 is 89.5 Å². The zero-order valence-corrected chi connectivity index (χ0v) is 27.9. The highest BCUT2D eigenvalue weighted by Crippen LogP contribution is 2.48. The molecule has 0 saturated heterocycles. The fourth-order valence-electron chi connectivity index (χ4n) is 8.74. The lowest BCUT2D eigenvalue weighted by Gasteiger charge is -2.45. The van der Waals surface area contributed by atoms with Gasteiger partial charge in [-0.25, -0.2) is 0 Å². The Morgan fingerprint density at radius 3 is 1.33 bits per heavy atom. The molecule has 0 radical (unpaired) electrons. The van der Waals surface area contributed by atoms with Crippen LogP contribution in [0.15, 0.2) is 188 Å². The molecule has 9 aromatic carbocycles. The summed E-state index contributed by atoms with van der Waals surface area (Å²) >= 11 is 0. The van der Waals surface area contributed by atoms with E-state index < -0.39 is 0 Å². The van der Waals surface area contributed by atoms with E-state index in [4.69, 9.17) is 0 Å². The highest BCUT2D eigenvalue weighted by molar-refractivity contribution is 7.00. The average molecular weight is 647 g/mol. The minimum atomic E-state index is 0.0415. The Morgan fingerprint density at radius 1 is 0.333 bits per heavy atom. The molecule has 2 aliphatic heterocycles. The molecule has 0 aliphatic carbocycles. The molecule has 11 rings (SSSR count). The predicted octanol–water partition coefficient (Wildman–Crippen LogP) is 10.9. The Hall–Kier alpha value is -6.58. The second-order valence-corrected chi connectivity index (χ2v) is 13.7. The molecule has 0 bridgehead atoms. The highest BCUT2D eigenvalue weighted by Gasteiger charge is 2.44. The second kappa shape index (κ2) is 11.0. The molecule has 51 heavy (non-hydrogen) atoms. The first-order valence-corrected chi connectivity index (χ1v) is 17.7. The fraction of sp³-hybridized carbons (Fsp3) is 0. The molecular weight excluding hydrogens is 615 g/mol. The lowest BCUT2D eigenvalue weighted by atomic mass is 9.33. The van der Waals surface area contributed by atoms with Crippen molar-refractivity contribution in [3.63, 3.8) is 0 Å². The lowest BCUT2D eigenvalue weighted by Crippen LogP contribution is -2.61. The van der Waals surface area contributed by atoms with Gasteiger partial charge >= 0.3 is 0 Å². The Labute approximate surface area is 297 Å². The van der Waals surface area contributed by atoms with Gasteiger partial charge in [-0.15, -0.1) is 0 Å². The average Bonchev–Trinajstić information content (AvgIpc) is 3.20. The van der Waals surface area contributed by atoms with Crippen LogP contribution in [0, 0.1) is 0 Å². The summed E-state index contributed by atoms with van der Waals surface area (Å²) in [6.45, 7) is 0.0415. The number of para-hydroxylation sites is 2. The Balaban J connectivity index is 1.32. The third-order valence-corrected chi connectivity index (χ3v) is 11.0. The summed E-state index contributed by atoms with van der Waals surface area (Å²) in [4.78, 5) is 5.07. The van der Waals surface area contributed by atoms with Gasteiger partial charge in [0.15, 0.2) is 0 Å². The van der Waals surface area contributed by atoms with E-state index in [1.807, 2.05) is 0 Å². The minimum absolute atomic E-state index is 0.0415.